The molecule has 0 radical (unpaired) electrons. The van der Waals surface area contributed by atoms with Crippen LogP contribution in [0.5, 0.6) is 0 Å². The Kier molecular flexibility index (Phi) is 7.55. The third kappa shape index (κ3) is 6.04. The van der Waals surface area contributed by atoms with Crippen LogP contribution in [0.4, 0.5) is 26.7 Å². The highest BCUT2D eigenvalue weighted by atomic mass is 19.4. The molecule has 3 aromatic rings. The van der Waals surface area contributed by atoms with E-state index in [0.717, 1.165) is 17.7 Å². The van der Waals surface area contributed by atoms with E-state index in [1.54, 1.807) is 18.2 Å². The van der Waals surface area contributed by atoms with Crippen LogP contribution >= 0.6 is 0 Å². The summed E-state index contributed by atoms with van der Waals surface area (Å²) in [7, 11) is 1.38. The summed E-state index contributed by atoms with van der Waals surface area (Å²) < 4.78 is 84.3. The second-order valence-corrected chi connectivity index (χ2v) is 11.5. The van der Waals surface area contributed by atoms with Crippen molar-refractivity contribution in [1.82, 2.24) is 25.7 Å². The van der Waals surface area contributed by atoms with Gasteiger partial charge in [-0.25, -0.2) is 18.6 Å². The van der Waals surface area contributed by atoms with Crippen LogP contribution in [0.1, 0.15) is 84.0 Å². The largest absolute Gasteiger partial charge is 0.438 e. The first-order valence-electron chi connectivity index (χ1n) is 14.1. The van der Waals surface area contributed by atoms with Crippen molar-refractivity contribution in [2.75, 3.05) is 20.3 Å². The van der Waals surface area contributed by atoms with Crippen molar-refractivity contribution in [2.24, 2.45) is 5.92 Å². The number of ether oxygens (including phenoxy) is 1. The van der Waals surface area contributed by atoms with E-state index in [9.17, 15) is 31.5 Å². The van der Waals surface area contributed by atoms with Gasteiger partial charge in [0.2, 0.25) is 11.8 Å². The minimum atomic E-state index is -4.61. The first-order chi connectivity index (χ1) is 20.4. The molecular weight excluding hydrogens is 581 g/mol. The van der Waals surface area contributed by atoms with E-state index in [0.29, 0.717) is 22.4 Å². The van der Waals surface area contributed by atoms with Crippen LogP contribution in [0.15, 0.2) is 33.4 Å². The van der Waals surface area contributed by atoms with E-state index in [2.05, 4.69) is 15.5 Å². The van der Waals surface area contributed by atoms with Gasteiger partial charge in [-0.05, 0) is 49.3 Å². The minimum absolute atomic E-state index is 0.0781. The van der Waals surface area contributed by atoms with E-state index in [1.165, 1.54) is 13.4 Å². The molecule has 1 aromatic carbocycles. The molecule has 2 saturated carbocycles. The van der Waals surface area contributed by atoms with E-state index >= 15 is 0 Å². The Hall–Kier alpha value is -3.75. The third-order valence-electron chi connectivity index (χ3n) is 8.44. The number of carbonyl (C=O) groups excluding carboxylic acids is 2. The summed E-state index contributed by atoms with van der Waals surface area (Å²) >= 11 is 0. The maximum absolute atomic E-state index is 14.0. The number of methoxy groups -OCH3 is 1. The quantitative estimate of drug-likeness (QED) is 0.301. The molecule has 2 N–H and O–H groups in total. The lowest BCUT2D eigenvalue weighted by Crippen LogP contribution is -2.40. The molecule has 3 aliphatic rings. The fourth-order valence-electron chi connectivity index (χ4n) is 5.90. The normalized spacial score (nSPS) is 22.5. The van der Waals surface area contributed by atoms with Crippen LogP contribution in [-0.4, -0.2) is 65.4 Å². The molecule has 0 spiro atoms. The Balaban J connectivity index is 1.29. The number of alkyl halides is 5. The van der Waals surface area contributed by atoms with Crippen LogP contribution in [0.2, 0.25) is 0 Å². The topological polar surface area (TPSA) is 123 Å². The van der Waals surface area contributed by atoms with Crippen molar-refractivity contribution in [3.05, 3.63) is 47.2 Å². The van der Waals surface area contributed by atoms with Crippen LogP contribution in [0.25, 0.3) is 11.1 Å². The highest BCUT2D eigenvalue weighted by Gasteiger charge is 2.48. The van der Waals surface area contributed by atoms with Crippen LogP contribution < -0.4 is 10.6 Å². The van der Waals surface area contributed by atoms with Crippen LogP contribution in [0.3, 0.4) is 0 Å². The number of benzene rings is 1. The molecule has 0 bridgehead atoms. The summed E-state index contributed by atoms with van der Waals surface area (Å²) in [4.78, 5) is 31.5. The zero-order valence-corrected chi connectivity index (χ0v) is 23.1. The Bertz CT molecular complexity index is 1490. The Morgan fingerprint density at radius 2 is 1.98 bits per heavy atom. The molecule has 10 nitrogen and oxygen atoms in total. The monoisotopic (exact) mass is 611 g/mol. The Morgan fingerprint density at radius 3 is 2.63 bits per heavy atom. The number of fused-ring (bicyclic) bond motifs is 1. The summed E-state index contributed by atoms with van der Waals surface area (Å²) in [6.07, 6.45) is -2.00. The van der Waals surface area contributed by atoms with E-state index in [-0.39, 0.29) is 49.7 Å². The summed E-state index contributed by atoms with van der Waals surface area (Å²) in [5.74, 6) is -3.42. The molecule has 1 aliphatic heterocycles. The Labute approximate surface area is 242 Å². The van der Waals surface area contributed by atoms with Crippen molar-refractivity contribution in [2.45, 2.75) is 74.7 Å². The number of amides is 3. The van der Waals surface area contributed by atoms with E-state index < -0.39 is 54.6 Å². The molecular formula is C28H30F5N5O5. The summed E-state index contributed by atoms with van der Waals surface area (Å²) in [6.45, 7) is -0.671. The molecule has 2 aromatic heterocycles. The van der Waals surface area contributed by atoms with Gasteiger partial charge in [0.25, 0.3) is 5.91 Å². The molecule has 3 fully saturated rings. The molecule has 15 heteroatoms. The summed E-state index contributed by atoms with van der Waals surface area (Å²) in [5.41, 5.74) is 1.93. The van der Waals surface area contributed by atoms with Gasteiger partial charge in [-0.3, -0.25) is 4.79 Å². The van der Waals surface area contributed by atoms with Gasteiger partial charge in [0.1, 0.15) is 29.4 Å². The van der Waals surface area contributed by atoms with Gasteiger partial charge >= 0.3 is 12.2 Å². The molecule has 43 heavy (non-hydrogen) atoms. The number of nitrogens with zero attached hydrogens (tertiary/aromatic N) is 3. The number of hydrogen-bond donors (Lipinski definition) is 2. The second kappa shape index (κ2) is 11.1. The predicted molar refractivity (Wildman–Crippen MR) is 139 cm³/mol. The average molecular weight is 612 g/mol. The zero-order valence-electron chi connectivity index (χ0n) is 23.1. The van der Waals surface area contributed by atoms with Gasteiger partial charge in [0.15, 0.2) is 5.58 Å². The SMILES string of the molecule is COCC(c1ccc2oc(C(NC(=O)c3conc3C3CC3)C3CCC(F)(F)CC3)nc2c1)N1CC(C(F)(F)F)NC1=O. The van der Waals surface area contributed by atoms with Crippen molar-refractivity contribution in [3.63, 3.8) is 0 Å². The highest BCUT2D eigenvalue weighted by Crippen LogP contribution is 2.43. The van der Waals surface area contributed by atoms with Crippen LogP contribution in [-0.2, 0) is 4.74 Å². The van der Waals surface area contributed by atoms with Gasteiger partial charge in [0, 0.05) is 25.9 Å². The summed E-state index contributed by atoms with van der Waals surface area (Å²) in [6, 6.07) is 0.169. The average Bonchev–Trinajstić information content (AvgIpc) is 3.33. The lowest BCUT2D eigenvalue weighted by Gasteiger charge is -2.32. The smallest absolute Gasteiger partial charge is 0.410 e. The maximum atomic E-state index is 14.0. The molecule has 3 amide bonds. The number of halogens is 5. The number of rotatable bonds is 9. The van der Waals surface area contributed by atoms with Gasteiger partial charge in [-0.15, -0.1) is 0 Å². The van der Waals surface area contributed by atoms with E-state index in [4.69, 9.17) is 13.7 Å². The van der Waals surface area contributed by atoms with Gasteiger partial charge in [-0.1, -0.05) is 11.2 Å². The summed E-state index contributed by atoms with van der Waals surface area (Å²) in [5, 5.41) is 8.84. The number of oxazole rings is 1. The lowest BCUT2D eigenvalue weighted by molar-refractivity contribution is -0.150. The number of carbonyl (C=O) groups is 2. The molecule has 1 saturated heterocycles. The molecule has 3 atom stereocenters. The van der Waals surface area contributed by atoms with E-state index in [1.807, 2.05) is 5.32 Å². The Morgan fingerprint density at radius 1 is 1.23 bits per heavy atom. The molecule has 232 valence electrons. The fourth-order valence-corrected chi connectivity index (χ4v) is 5.90. The minimum Gasteiger partial charge on any atom is -0.438 e. The predicted octanol–water partition coefficient (Wildman–Crippen LogP) is 5.63. The van der Waals surface area contributed by atoms with Crippen LogP contribution in [0, 0.1) is 5.92 Å². The number of nitrogens with one attached hydrogen (secondary N) is 2. The van der Waals surface area contributed by atoms with Crippen molar-refractivity contribution < 1.29 is 45.2 Å². The van der Waals surface area contributed by atoms with Crippen molar-refractivity contribution >= 4 is 23.0 Å². The van der Waals surface area contributed by atoms with Gasteiger partial charge < -0.3 is 29.2 Å². The van der Waals surface area contributed by atoms with Gasteiger partial charge in [0.05, 0.1) is 24.9 Å². The molecule has 3 unspecified atom stereocenters. The van der Waals surface area contributed by atoms with Crippen molar-refractivity contribution in [1.29, 1.82) is 0 Å². The van der Waals surface area contributed by atoms with Gasteiger partial charge in [-0.2, -0.15) is 13.2 Å². The molecule has 3 heterocycles. The number of urea groups is 1. The standard InChI is InChI=1S/C28H30F5N5O5/c1-41-13-19(38-11-21(28(31,32)33)35-26(38)40)16-4-5-20-18(10-16)34-25(43-20)23(15-6-8-27(29,30)9-7-15)36-24(39)17-12-42-37-22(17)14-2-3-14/h4-5,10,12,14-15,19,21,23H,2-3,6-9,11,13H2,1H3,(H,35,40)(H,36,39). The first kappa shape index (κ1) is 29.3. The zero-order chi connectivity index (χ0) is 30.5. The number of hydrogen-bond acceptors (Lipinski definition) is 7. The maximum Gasteiger partial charge on any atom is 0.410 e. The first-order valence-corrected chi connectivity index (χ1v) is 14.1. The fraction of sp³-hybridized carbons (Fsp3) is 0.571. The second-order valence-electron chi connectivity index (χ2n) is 11.5. The molecule has 6 rings (SSSR count). The van der Waals surface area contributed by atoms with Crippen molar-refractivity contribution in [3.8, 4) is 0 Å². The lowest BCUT2D eigenvalue weighted by atomic mass is 9.82. The third-order valence-corrected chi connectivity index (χ3v) is 8.44. The molecule has 2 aliphatic carbocycles. The highest BCUT2D eigenvalue weighted by molar-refractivity contribution is 5.95. The number of aromatic nitrogens is 2.